The highest BCUT2D eigenvalue weighted by atomic mass is 79.9. The molecule has 39 heavy (non-hydrogen) atoms. The number of methoxy groups -OCH3 is 1. The van der Waals surface area contributed by atoms with Crippen LogP contribution >= 0.6 is 27.5 Å². The van der Waals surface area contributed by atoms with Crippen molar-refractivity contribution >= 4 is 55.1 Å². The molecular weight excluding hydrogens is 606 g/mol. The minimum atomic E-state index is -4.19. The molecule has 3 aromatic rings. The normalized spacial score (nSPS) is 11.9. The van der Waals surface area contributed by atoms with E-state index in [-0.39, 0.29) is 28.1 Å². The van der Waals surface area contributed by atoms with Crippen molar-refractivity contribution in [2.75, 3.05) is 24.5 Å². The van der Waals surface area contributed by atoms with Crippen molar-refractivity contribution in [1.29, 1.82) is 0 Å². The number of halogens is 2. The molecule has 8 nitrogen and oxygen atoms in total. The number of benzene rings is 3. The highest BCUT2D eigenvalue weighted by Crippen LogP contribution is 2.32. The third-order valence-corrected chi connectivity index (χ3v) is 8.65. The van der Waals surface area contributed by atoms with E-state index in [1.807, 2.05) is 31.2 Å². The van der Waals surface area contributed by atoms with Gasteiger partial charge < -0.3 is 15.0 Å². The summed E-state index contributed by atoms with van der Waals surface area (Å²) in [6.45, 7) is 5.18. The molecule has 0 heterocycles. The van der Waals surface area contributed by atoms with E-state index in [4.69, 9.17) is 16.3 Å². The molecule has 1 atom stereocenters. The standard InChI is InChI=1S/C28H31BrClN3O5S/c1-5-31-28(35)20(3)32(17-21-7-6-8-22(29)15-21)27(34)18-33(23-11-14-26(38-4)25(30)16-23)39(36,37)24-12-9-19(2)10-13-24/h6-16,20H,5,17-18H2,1-4H3,(H,31,35). The summed E-state index contributed by atoms with van der Waals surface area (Å²) in [5, 5.41) is 2.93. The quantitative estimate of drug-likeness (QED) is 0.314. The molecule has 0 aliphatic carbocycles. The van der Waals surface area contributed by atoms with Gasteiger partial charge in [0.25, 0.3) is 10.0 Å². The Morgan fingerprint density at radius 2 is 1.77 bits per heavy atom. The van der Waals surface area contributed by atoms with E-state index in [1.165, 1.54) is 42.3 Å². The van der Waals surface area contributed by atoms with Gasteiger partial charge in [-0.25, -0.2) is 8.42 Å². The van der Waals surface area contributed by atoms with Gasteiger partial charge in [-0.3, -0.25) is 13.9 Å². The number of hydrogen-bond donors (Lipinski definition) is 1. The molecule has 0 spiro atoms. The maximum atomic E-state index is 13.9. The Kier molecular flexibility index (Phi) is 10.4. The summed E-state index contributed by atoms with van der Waals surface area (Å²) in [4.78, 5) is 28.1. The van der Waals surface area contributed by atoms with E-state index in [0.29, 0.717) is 12.3 Å². The average molecular weight is 637 g/mol. The summed E-state index contributed by atoms with van der Waals surface area (Å²) >= 11 is 9.77. The summed E-state index contributed by atoms with van der Waals surface area (Å²) in [5.74, 6) is -0.543. The molecule has 0 aromatic heterocycles. The zero-order valence-electron chi connectivity index (χ0n) is 22.1. The molecule has 0 aliphatic rings. The van der Waals surface area contributed by atoms with Crippen LogP contribution in [0, 0.1) is 6.92 Å². The first kappa shape index (κ1) is 30.5. The number of likely N-dealkylation sites (N-methyl/N-ethyl adjacent to an activating group) is 1. The third-order valence-electron chi connectivity index (χ3n) is 6.07. The van der Waals surface area contributed by atoms with Crippen LogP contribution < -0.4 is 14.4 Å². The molecule has 2 amide bonds. The molecule has 1 N–H and O–H groups in total. The predicted molar refractivity (Wildman–Crippen MR) is 157 cm³/mol. The van der Waals surface area contributed by atoms with Gasteiger partial charge in [0, 0.05) is 17.6 Å². The summed E-state index contributed by atoms with van der Waals surface area (Å²) < 4.78 is 34.8. The number of anilines is 1. The number of sulfonamides is 1. The second kappa shape index (κ2) is 13.3. The Bertz CT molecular complexity index is 1430. The molecule has 3 rings (SSSR count). The highest BCUT2D eigenvalue weighted by molar-refractivity contribution is 9.10. The molecular formula is C28H31BrClN3O5S. The first-order chi connectivity index (χ1) is 18.5. The maximum Gasteiger partial charge on any atom is 0.264 e. The lowest BCUT2D eigenvalue weighted by molar-refractivity contribution is -0.139. The topological polar surface area (TPSA) is 96.0 Å². The van der Waals surface area contributed by atoms with E-state index < -0.39 is 28.5 Å². The summed E-state index contributed by atoms with van der Waals surface area (Å²) in [6.07, 6.45) is 0. The van der Waals surface area contributed by atoms with Crippen molar-refractivity contribution < 1.29 is 22.7 Å². The number of nitrogens with zero attached hydrogens (tertiary/aromatic N) is 2. The zero-order valence-corrected chi connectivity index (χ0v) is 25.3. The molecule has 11 heteroatoms. The molecule has 0 saturated carbocycles. The maximum absolute atomic E-state index is 13.9. The van der Waals surface area contributed by atoms with Crippen LogP contribution in [0.4, 0.5) is 5.69 Å². The Labute approximate surface area is 243 Å². The summed E-state index contributed by atoms with van der Waals surface area (Å²) in [6, 6.07) is 17.3. The first-order valence-corrected chi connectivity index (χ1v) is 14.8. The molecule has 0 radical (unpaired) electrons. The molecule has 0 aliphatic heterocycles. The first-order valence-electron chi connectivity index (χ1n) is 12.2. The fourth-order valence-electron chi connectivity index (χ4n) is 3.91. The Morgan fingerprint density at radius 1 is 1.08 bits per heavy atom. The van der Waals surface area contributed by atoms with Crippen molar-refractivity contribution in [3.8, 4) is 5.75 Å². The molecule has 0 fully saturated rings. The molecule has 208 valence electrons. The smallest absolute Gasteiger partial charge is 0.264 e. The lowest BCUT2D eigenvalue weighted by Crippen LogP contribution is -2.51. The van der Waals surface area contributed by atoms with Crippen LogP contribution in [0.5, 0.6) is 5.75 Å². The van der Waals surface area contributed by atoms with Crippen LogP contribution in [0.1, 0.15) is 25.0 Å². The number of hydrogen-bond acceptors (Lipinski definition) is 5. The van der Waals surface area contributed by atoms with Gasteiger partial charge in [-0.15, -0.1) is 0 Å². The van der Waals surface area contributed by atoms with Gasteiger partial charge in [-0.05, 0) is 68.8 Å². The van der Waals surface area contributed by atoms with Gasteiger partial charge >= 0.3 is 0 Å². The Morgan fingerprint density at radius 3 is 2.36 bits per heavy atom. The average Bonchev–Trinajstić information content (AvgIpc) is 2.90. The van der Waals surface area contributed by atoms with Crippen LogP contribution in [0.25, 0.3) is 0 Å². The third kappa shape index (κ3) is 7.52. The van der Waals surface area contributed by atoms with Gasteiger partial charge in [-0.1, -0.05) is 57.4 Å². The second-order valence-corrected chi connectivity index (χ2v) is 12.1. The number of rotatable bonds is 11. The number of carbonyl (C=O) groups excluding carboxylic acids is 2. The number of ether oxygens (including phenoxy) is 1. The van der Waals surface area contributed by atoms with E-state index in [2.05, 4.69) is 21.2 Å². The Balaban J connectivity index is 2.07. The predicted octanol–water partition coefficient (Wildman–Crippen LogP) is 5.17. The van der Waals surface area contributed by atoms with Crippen LogP contribution in [-0.4, -0.2) is 51.4 Å². The van der Waals surface area contributed by atoms with Crippen LogP contribution in [0.2, 0.25) is 5.02 Å². The van der Waals surface area contributed by atoms with E-state index in [1.54, 1.807) is 26.0 Å². The molecule has 3 aromatic carbocycles. The largest absolute Gasteiger partial charge is 0.495 e. The Hall–Kier alpha value is -3.08. The van der Waals surface area contributed by atoms with Crippen molar-refractivity contribution in [1.82, 2.24) is 10.2 Å². The fourth-order valence-corrected chi connectivity index (χ4v) is 6.02. The van der Waals surface area contributed by atoms with Gasteiger partial charge in [-0.2, -0.15) is 0 Å². The van der Waals surface area contributed by atoms with Crippen LogP contribution in [0.15, 0.2) is 76.1 Å². The SMILES string of the molecule is CCNC(=O)C(C)N(Cc1cccc(Br)c1)C(=O)CN(c1ccc(OC)c(Cl)c1)S(=O)(=O)c1ccc(C)cc1. The minimum absolute atomic E-state index is 0.0168. The lowest BCUT2D eigenvalue weighted by atomic mass is 10.1. The van der Waals surface area contributed by atoms with Crippen molar-refractivity contribution in [3.63, 3.8) is 0 Å². The minimum Gasteiger partial charge on any atom is -0.495 e. The number of carbonyl (C=O) groups is 2. The van der Waals surface area contributed by atoms with Gasteiger partial charge in [0.05, 0.1) is 22.7 Å². The van der Waals surface area contributed by atoms with E-state index in [0.717, 1.165) is 19.9 Å². The van der Waals surface area contributed by atoms with Gasteiger partial charge in [0.1, 0.15) is 18.3 Å². The summed E-state index contributed by atoms with van der Waals surface area (Å²) in [7, 11) is -2.74. The number of amides is 2. The van der Waals surface area contributed by atoms with E-state index >= 15 is 0 Å². The monoisotopic (exact) mass is 635 g/mol. The van der Waals surface area contributed by atoms with E-state index in [9.17, 15) is 18.0 Å². The van der Waals surface area contributed by atoms with Crippen molar-refractivity contribution in [2.45, 2.75) is 38.3 Å². The van der Waals surface area contributed by atoms with Crippen LogP contribution in [0.3, 0.4) is 0 Å². The molecule has 0 saturated heterocycles. The highest BCUT2D eigenvalue weighted by Gasteiger charge is 2.32. The fraction of sp³-hybridized carbons (Fsp3) is 0.286. The van der Waals surface area contributed by atoms with Gasteiger partial charge in [0.15, 0.2) is 0 Å². The van der Waals surface area contributed by atoms with Crippen molar-refractivity contribution in [3.05, 3.63) is 87.4 Å². The van der Waals surface area contributed by atoms with Crippen molar-refractivity contribution in [2.24, 2.45) is 0 Å². The molecule has 0 bridgehead atoms. The van der Waals surface area contributed by atoms with Crippen LogP contribution in [-0.2, 0) is 26.2 Å². The van der Waals surface area contributed by atoms with Gasteiger partial charge in [0.2, 0.25) is 11.8 Å². The number of aryl methyl sites for hydroxylation is 1. The second-order valence-electron chi connectivity index (χ2n) is 8.87. The number of nitrogens with one attached hydrogen (secondary N) is 1. The molecule has 1 unspecified atom stereocenters. The summed E-state index contributed by atoms with van der Waals surface area (Å²) in [5.41, 5.74) is 1.84. The zero-order chi connectivity index (χ0) is 28.7. The lowest BCUT2D eigenvalue weighted by Gasteiger charge is -2.32.